The monoisotopic (exact) mass is 319 g/mol. The highest BCUT2D eigenvalue weighted by Crippen LogP contribution is 2.17. The van der Waals surface area contributed by atoms with Gasteiger partial charge in [0.25, 0.3) is 0 Å². The summed E-state index contributed by atoms with van der Waals surface area (Å²) in [6, 6.07) is 9.96. The van der Waals surface area contributed by atoms with Gasteiger partial charge in [-0.25, -0.2) is 0 Å². The molecular weight excluding hydrogens is 298 g/mol. The molecule has 2 rings (SSSR count). The van der Waals surface area contributed by atoms with Gasteiger partial charge in [0.1, 0.15) is 11.5 Å². The van der Waals surface area contributed by atoms with E-state index in [1.54, 1.807) is 7.05 Å². The highest BCUT2D eigenvalue weighted by atomic mass is 35.5. The molecule has 0 fully saturated rings. The number of furan rings is 1. The van der Waals surface area contributed by atoms with Gasteiger partial charge in [-0.3, -0.25) is 4.99 Å². The lowest BCUT2D eigenvalue weighted by Gasteiger charge is -2.18. The van der Waals surface area contributed by atoms with Gasteiger partial charge in [0.2, 0.25) is 0 Å². The van der Waals surface area contributed by atoms with Crippen molar-refractivity contribution in [1.29, 1.82) is 0 Å². The van der Waals surface area contributed by atoms with Crippen LogP contribution in [0.1, 0.15) is 35.6 Å². The van der Waals surface area contributed by atoms with Gasteiger partial charge in [0, 0.05) is 24.2 Å². The number of guanidine groups is 1. The Morgan fingerprint density at radius 3 is 2.68 bits per heavy atom. The lowest BCUT2D eigenvalue weighted by molar-refractivity contribution is 0.500. The van der Waals surface area contributed by atoms with Crippen LogP contribution in [0, 0.1) is 13.8 Å². The van der Waals surface area contributed by atoms with Crippen molar-refractivity contribution in [2.45, 2.75) is 33.4 Å². The second-order valence-corrected chi connectivity index (χ2v) is 5.72. The fourth-order valence-electron chi connectivity index (χ4n) is 2.30. The van der Waals surface area contributed by atoms with Crippen LogP contribution in [-0.4, -0.2) is 13.0 Å². The summed E-state index contributed by atoms with van der Waals surface area (Å²) in [4.78, 5) is 4.26. The summed E-state index contributed by atoms with van der Waals surface area (Å²) < 4.78 is 5.53. The lowest BCUT2D eigenvalue weighted by atomic mass is 10.1. The van der Waals surface area contributed by atoms with Gasteiger partial charge >= 0.3 is 0 Å². The van der Waals surface area contributed by atoms with Gasteiger partial charge in [-0.2, -0.15) is 0 Å². The molecule has 2 aromatic rings. The third-order valence-electron chi connectivity index (χ3n) is 3.52. The Bertz CT molecular complexity index is 664. The van der Waals surface area contributed by atoms with Crippen molar-refractivity contribution in [3.8, 4) is 0 Å². The van der Waals surface area contributed by atoms with Crippen molar-refractivity contribution in [2.75, 3.05) is 7.05 Å². The van der Waals surface area contributed by atoms with E-state index in [-0.39, 0.29) is 6.04 Å². The van der Waals surface area contributed by atoms with E-state index in [1.807, 2.05) is 44.2 Å². The topological polar surface area (TPSA) is 49.6 Å². The fraction of sp³-hybridized carbons (Fsp3) is 0.353. The van der Waals surface area contributed by atoms with Gasteiger partial charge < -0.3 is 15.1 Å². The summed E-state index contributed by atoms with van der Waals surface area (Å²) in [5.41, 5.74) is 2.25. The van der Waals surface area contributed by atoms with Crippen LogP contribution in [0.25, 0.3) is 0 Å². The van der Waals surface area contributed by atoms with Crippen molar-refractivity contribution in [3.05, 3.63) is 58.0 Å². The average molecular weight is 320 g/mol. The summed E-state index contributed by atoms with van der Waals surface area (Å²) in [5, 5.41) is 7.39. The zero-order chi connectivity index (χ0) is 16.1. The number of benzene rings is 1. The SMILES string of the molecule is CN=C(NCc1cc(C)oc1C)NC(C)c1cccc(Cl)c1. The van der Waals surface area contributed by atoms with E-state index in [1.165, 1.54) is 0 Å². The molecule has 22 heavy (non-hydrogen) atoms. The van der Waals surface area contributed by atoms with Crippen molar-refractivity contribution >= 4 is 17.6 Å². The normalized spacial score (nSPS) is 13.0. The molecule has 0 saturated heterocycles. The summed E-state index contributed by atoms with van der Waals surface area (Å²) in [5.74, 6) is 2.60. The molecule has 0 radical (unpaired) electrons. The molecule has 1 heterocycles. The first-order valence-corrected chi connectivity index (χ1v) is 7.66. The van der Waals surface area contributed by atoms with Crippen molar-refractivity contribution < 1.29 is 4.42 Å². The van der Waals surface area contributed by atoms with Crippen LogP contribution in [-0.2, 0) is 6.54 Å². The summed E-state index contributed by atoms with van der Waals surface area (Å²) in [6.07, 6.45) is 0. The molecule has 1 atom stereocenters. The highest BCUT2D eigenvalue weighted by Gasteiger charge is 2.09. The smallest absolute Gasteiger partial charge is 0.191 e. The maximum atomic E-state index is 6.04. The Morgan fingerprint density at radius 2 is 2.09 bits per heavy atom. The number of aliphatic imine (C=N–C) groups is 1. The lowest BCUT2D eigenvalue weighted by Crippen LogP contribution is -2.38. The molecule has 5 heteroatoms. The van der Waals surface area contributed by atoms with E-state index in [0.29, 0.717) is 6.54 Å². The van der Waals surface area contributed by atoms with E-state index in [4.69, 9.17) is 16.0 Å². The van der Waals surface area contributed by atoms with E-state index >= 15 is 0 Å². The Labute approximate surface area is 136 Å². The molecule has 0 aliphatic rings. The predicted molar refractivity (Wildman–Crippen MR) is 91.4 cm³/mol. The standard InChI is InChI=1S/C17H22ClN3O/c1-11-8-15(13(3)22-11)10-20-17(19-4)21-12(2)14-6-5-7-16(18)9-14/h5-9,12H,10H2,1-4H3,(H2,19,20,21). The van der Waals surface area contributed by atoms with Gasteiger partial charge in [-0.05, 0) is 44.5 Å². The number of hydrogen-bond donors (Lipinski definition) is 2. The maximum absolute atomic E-state index is 6.04. The molecule has 2 N–H and O–H groups in total. The quantitative estimate of drug-likeness (QED) is 0.662. The number of nitrogens with zero attached hydrogens (tertiary/aromatic N) is 1. The number of rotatable bonds is 4. The van der Waals surface area contributed by atoms with Gasteiger partial charge in [-0.15, -0.1) is 0 Å². The summed E-state index contributed by atoms with van der Waals surface area (Å²) >= 11 is 6.04. The average Bonchev–Trinajstić information content (AvgIpc) is 2.81. The molecule has 1 unspecified atom stereocenters. The number of hydrogen-bond acceptors (Lipinski definition) is 2. The zero-order valence-corrected chi connectivity index (χ0v) is 14.2. The summed E-state index contributed by atoms with van der Waals surface area (Å²) in [6.45, 7) is 6.66. The van der Waals surface area contributed by atoms with Crippen LogP contribution < -0.4 is 10.6 Å². The first-order chi connectivity index (χ1) is 10.5. The van der Waals surface area contributed by atoms with Crippen LogP contribution in [0.5, 0.6) is 0 Å². The summed E-state index contributed by atoms with van der Waals surface area (Å²) in [7, 11) is 1.76. The van der Waals surface area contributed by atoms with Crippen LogP contribution in [0.3, 0.4) is 0 Å². The predicted octanol–water partition coefficient (Wildman–Crippen LogP) is 3.98. The zero-order valence-electron chi connectivity index (χ0n) is 13.4. The van der Waals surface area contributed by atoms with E-state index in [2.05, 4.69) is 22.5 Å². The Hall–Kier alpha value is -1.94. The Morgan fingerprint density at radius 1 is 1.32 bits per heavy atom. The highest BCUT2D eigenvalue weighted by molar-refractivity contribution is 6.30. The van der Waals surface area contributed by atoms with E-state index in [9.17, 15) is 0 Å². The van der Waals surface area contributed by atoms with Gasteiger partial charge in [-0.1, -0.05) is 23.7 Å². The number of aryl methyl sites for hydroxylation is 2. The van der Waals surface area contributed by atoms with Crippen molar-refractivity contribution in [3.63, 3.8) is 0 Å². The molecule has 1 aromatic heterocycles. The third-order valence-corrected chi connectivity index (χ3v) is 3.75. The number of halogens is 1. The second kappa shape index (κ2) is 7.36. The first kappa shape index (κ1) is 16.4. The Balaban J connectivity index is 1.96. The van der Waals surface area contributed by atoms with E-state index < -0.39 is 0 Å². The molecule has 118 valence electrons. The van der Waals surface area contributed by atoms with Crippen LogP contribution >= 0.6 is 11.6 Å². The van der Waals surface area contributed by atoms with Crippen LogP contribution in [0.15, 0.2) is 39.7 Å². The molecule has 1 aromatic carbocycles. The largest absolute Gasteiger partial charge is 0.466 e. The molecule has 0 aliphatic carbocycles. The maximum Gasteiger partial charge on any atom is 0.191 e. The fourth-order valence-corrected chi connectivity index (χ4v) is 2.50. The number of nitrogens with one attached hydrogen (secondary N) is 2. The molecule has 0 saturated carbocycles. The Kier molecular flexibility index (Phi) is 5.50. The molecule has 0 spiro atoms. The molecule has 0 aliphatic heterocycles. The molecule has 0 bridgehead atoms. The minimum Gasteiger partial charge on any atom is -0.466 e. The van der Waals surface area contributed by atoms with Crippen LogP contribution in [0.4, 0.5) is 0 Å². The second-order valence-electron chi connectivity index (χ2n) is 5.29. The van der Waals surface area contributed by atoms with Gasteiger partial charge in [0.15, 0.2) is 5.96 Å². The van der Waals surface area contributed by atoms with Gasteiger partial charge in [0.05, 0.1) is 6.04 Å². The molecule has 0 amide bonds. The third kappa shape index (κ3) is 4.28. The minimum atomic E-state index is 0.108. The first-order valence-electron chi connectivity index (χ1n) is 7.28. The van der Waals surface area contributed by atoms with Crippen molar-refractivity contribution in [1.82, 2.24) is 10.6 Å². The minimum absolute atomic E-state index is 0.108. The van der Waals surface area contributed by atoms with Crippen molar-refractivity contribution in [2.24, 2.45) is 4.99 Å². The molecular formula is C17H22ClN3O. The van der Waals surface area contributed by atoms with Crippen LogP contribution in [0.2, 0.25) is 5.02 Å². The molecule has 4 nitrogen and oxygen atoms in total. The van der Waals surface area contributed by atoms with E-state index in [0.717, 1.165) is 33.6 Å².